The SMILES string of the molecule is CC.Cc1ccc(-c2nc(C)c3c(n2)=CC2CC2C=3)cc1. The van der Waals surface area contributed by atoms with Crippen LogP contribution in [0.5, 0.6) is 0 Å². The lowest BCUT2D eigenvalue weighted by molar-refractivity contribution is 0.985. The number of fused-ring (bicyclic) bond motifs is 2. The van der Waals surface area contributed by atoms with Crippen molar-refractivity contribution in [3.05, 3.63) is 46.1 Å². The summed E-state index contributed by atoms with van der Waals surface area (Å²) in [6.45, 7) is 8.18. The predicted molar refractivity (Wildman–Crippen MR) is 88.1 cm³/mol. The minimum atomic E-state index is 0.729. The van der Waals surface area contributed by atoms with Gasteiger partial charge in [-0.2, -0.15) is 0 Å². The Morgan fingerprint density at radius 2 is 1.57 bits per heavy atom. The third-order valence-corrected chi connectivity index (χ3v) is 4.12. The van der Waals surface area contributed by atoms with Crippen molar-refractivity contribution in [2.45, 2.75) is 34.1 Å². The summed E-state index contributed by atoms with van der Waals surface area (Å²) in [6.07, 6.45) is 5.97. The Kier molecular flexibility index (Phi) is 3.62. The van der Waals surface area contributed by atoms with Crippen molar-refractivity contribution >= 4 is 12.2 Å². The molecule has 21 heavy (non-hydrogen) atoms. The quantitative estimate of drug-likeness (QED) is 0.801. The summed E-state index contributed by atoms with van der Waals surface area (Å²) < 4.78 is 0. The first kappa shape index (κ1) is 14.0. The van der Waals surface area contributed by atoms with Gasteiger partial charge in [-0.3, -0.25) is 0 Å². The van der Waals surface area contributed by atoms with Gasteiger partial charge in [-0.25, -0.2) is 9.97 Å². The van der Waals surface area contributed by atoms with E-state index in [9.17, 15) is 0 Å². The van der Waals surface area contributed by atoms with Gasteiger partial charge < -0.3 is 0 Å². The summed E-state index contributed by atoms with van der Waals surface area (Å²) in [4.78, 5) is 9.43. The Morgan fingerprint density at radius 1 is 0.905 bits per heavy atom. The van der Waals surface area contributed by atoms with Crippen molar-refractivity contribution in [2.24, 2.45) is 11.8 Å². The maximum Gasteiger partial charge on any atom is 0.160 e. The van der Waals surface area contributed by atoms with Gasteiger partial charge in [0, 0.05) is 16.5 Å². The zero-order valence-electron chi connectivity index (χ0n) is 13.2. The lowest BCUT2D eigenvalue weighted by Crippen LogP contribution is -2.34. The van der Waals surface area contributed by atoms with E-state index in [0.29, 0.717) is 0 Å². The molecular formula is C19H22N2. The second kappa shape index (κ2) is 5.44. The molecule has 1 aromatic carbocycles. The number of hydrogen-bond acceptors (Lipinski definition) is 2. The van der Waals surface area contributed by atoms with Crippen molar-refractivity contribution < 1.29 is 0 Å². The zero-order chi connectivity index (χ0) is 15.0. The fraction of sp³-hybridized carbons (Fsp3) is 0.368. The van der Waals surface area contributed by atoms with Crippen LogP contribution in [0, 0.1) is 25.7 Å². The highest BCUT2D eigenvalue weighted by atomic mass is 14.9. The van der Waals surface area contributed by atoms with Gasteiger partial charge in [-0.1, -0.05) is 55.8 Å². The largest absolute Gasteiger partial charge is 0.233 e. The van der Waals surface area contributed by atoms with Crippen LogP contribution in [0.2, 0.25) is 0 Å². The van der Waals surface area contributed by atoms with Crippen molar-refractivity contribution in [1.29, 1.82) is 0 Å². The van der Waals surface area contributed by atoms with Crippen LogP contribution >= 0.6 is 0 Å². The standard InChI is InChI=1S/C17H16N2.C2H6/c1-10-3-5-12(6-4-10)17-18-11(2)15-8-13-7-14(13)9-16(15)19-17;1-2/h3-6,8-9,13-14H,7H2,1-2H3;1-2H3. The number of aromatic nitrogens is 2. The molecule has 0 N–H and O–H groups in total. The molecule has 108 valence electrons. The van der Waals surface area contributed by atoms with Gasteiger partial charge in [0.1, 0.15) is 0 Å². The van der Waals surface area contributed by atoms with E-state index < -0.39 is 0 Å². The molecule has 4 rings (SSSR count). The molecule has 0 spiro atoms. The molecule has 2 atom stereocenters. The molecule has 1 aromatic heterocycles. The van der Waals surface area contributed by atoms with Crippen LogP contribution < -0.4 is 10.6 Å². The first-order valence-corrected chi connectivity index (χ1v) is 7.86. The second-order valence-corrected chi connectivity index (χ2v) is 5.69. The summed E-state index contributed by atoms with van der Waals surface area (Å²) in [6, 6.07) is 8.42. The number of rotatable bonds is 1. The molecule has 2 heteroatoms. The van der Waals surface area contributed by atoms with Crippen LogP contribution in [0.3, 0.4) is 0 Å². The molecule has 2 aromatic rings. The molecular weight excluding hydrogens is 256 g/mol. The van der Waals surface area contributed by atoms with Gasteiger partial charge in [0.2, 0.25) is 0 Å². The average Bonchev–Trinajstić information content (AvgIpc) is 3.26. The average molecular weight is 278 g/mol. The molecule has 1 heterocycles. The van der Waals surface area contributed by atoms with Gasteiger partial charge in [-0.05, 0) is 32.1 Å². The van der Waals surface area contributed by atoms with E-state index in [-0.39, 0.29) is 0 Å². The van der Waals surface area contributed by atoms with Crippen LogP contribution in [-0.4, -0.2) is 9.97 Å². The van der Waals surface area contributed by atoms with E-state index in [2.05, 4.69) is 55.2 Å². The molecule has 2 aliphatic rings. The zero-order valence-corrected chi connectivity index (χ0v) is 13.2. The molecule has 2 unspecified atom stereocenters. The molecule has 2 nitrogen and oxygen atoms in total. The minimum Gasteiger partial charge on any atom is -0.233 e. The Morgan fingerprint density at radius 3 is 2.29 bits per heavy atom. The maximum absolute atomic E-state index is 4.75. The Balaban J connectivity index is 0.000000636. The summed E-state index contributed by atoms with van der Waals surface area (Å²) in [5.74, 6) is 2.33. The number of benzene rings is 1. The number of aryl methyl sites for hydroxylation is 2. The van der Waals surface area contributed by atoms with Gasteiger partial charge in [-0.15, -0.1) is 0 Å². The minimum absolute atomic E-state index is 0.729. The Bertz CT molecular complexity index is 772. The molecule has 0 bridgehead atoms. The van der Waals surface area contributed by atoms with Crippen molar-refractivity contribution in [3.8, 4) is 11.4 Å². The molecule has 0 aliphatic heterocycles. The van der Waals surface area contributed by atoms with E-state index >= 15 is 0 Å². The van der Waals surface area contributed by atoms with Gasteiger partial charge in [0.25, 0.3) is 0 Å². The van der Waals surface area contributed by atoms with Gasteiger partial charge in [0.15, 0.2) is 5.82 Å². The van der Waals surface area contributed by atoms with E-state index in [1.54, 1.807) is 0 Å². The van der Waals surface area contributed by atoms with Crippen molar-refractivity contribution in [1.82, 2.24) is 9.97 Å². The van der Waals surface area contributed by atoms with Gasteiger partial charge in [0.05, 0.1) is 5.35 Å². The van der Waals surface area contributed by atoms with E-state index in [1.807, 2.05) is 13.8 Å². The molecule has 2 aliphatic carbocycles. The number of hydrogen-bond donors (Lipinski definition) is 0. The summed E-state index contributed by atoms with van der Waals surface area (Å²) >= 11 is 0. The smallest absolute Gasteiger partial charge is 0.160 e. The summed E-state index contributed by atoms with van der Waals surface area (Å²) in [7, 11) is 0. The topological polar surface area (TPSA) is 25.8 Å². The fourth-order valence-corrected chi connectivity index (χ4v) is 2.80. The Hall–Kier alpha value is -1.96. The highest BCUT2D eigenvalue weighted by Gasteiger charge is 2.35. The van der Waals surface area contributed by atoms with Crippen LogP contribution in [0.25, 0.3) is 23.5 Å². The van der Waals surface area contributed by atoms with Crippen molar-refractivity contribution in [2.75, 3.05) is 0 Å². The first-order chi connectivity index (χ1) is 10.2. The lowest BCUT2D eigenvalue weighted by Gasteiger charge is -2.06. The molecule has 0 saturated heterocycles. The second-order valence-electron chi connectivity index (χ2n) is 5.69. The van der Waals surface area contributed by atoms with Gasteiger partial charge >= 0.3 is 0 Å². The Labute approximate surface area is 126 Å². The fourth-order valence-electron chi connectivity index (χ4n) is 2.80. The monoisotopic (exact) mass is 278 g/mol. The van der Waals surface area contributed by atoms with Crippen LogP contribution in [0.1, 0.15) is 31.5 Å². The molecule has 0 radical (unpaired) electrons. The van der Waals surface area contributed by atoms with E-state index in [0.717, 1.165) is 34.3 Å². The molecule has 1 fully saturated rings. The summed E-state index contributed by atoms with van der Waals surface area (Å²) in [5.41, 5.74) is 3.46. The predicted octanol–water partition coefficient (Wildman–Crippen LogP) is 3.00. The summed E-state index contributed by atoms with van der Waals surface area (Å²) in [5, 5.41) is 2.37. The van der Waals surface area contributed by atoms with Crippen molar-refractivity contribution in [3.63, 3.8) is 0 Å². The third kappa shape index (κ3) is 2.63. The van der Waals surface area contributed by atoms with E-state index in [1.165, 1.54) is 17.2 Å². The molecule has 0 amide bonds. The third-order valence-electron chi connectivity index (χ3n) is 4.12. The lowest BCUT2D eigenvalue weighted by atomic mass is 10.1. The highest BCUT2D eigenvalue weighted by molar-refractivity contribution is 5.57. The normalized spacial score (nSPS) is 21.0. The maximum atomic E-state index is 4.75. The van der Waals surface area contributed by atoms with E-state index in [4.69, 9.17) is 4.98 Å². The van der Waals surface area contributed by atoms with Crippen LogP contribution in [0.4, 0.5) is 0 Å². The number of nitrogens with zero attached hydrogens (tertiary/aromatic N) is 2. The van der Waals surface area contributed by atoms with Crippen LogP contribution in [0.15, 0.2) is 24.3 Å². The highest BCUT2D eigenvalue weighted by Crippen LogP contribution is 2.41. The first-order valence-electron chi connectivity index (χ1n) is 7.86. The van der Waals surface area contributed by atoms with Crippen LogP contribution in [-0.2, 0) is 0 Å². The molecule has 1 saturated carbocycles.